The maximum atomic E-state index is 3.48. The van der Waals surface area contributed by atoms with E-state index in [4.69, 9.17) is 0 Å². The van der Waals surface area contributed by atoms with Crippen LogP contribution >= 0.6 is 0 Å². The Hall–Kier alpha value is -2.06. The van der Waals surface area contributed by atoms with E-state index in [9.17, 15) is 0 Å². The topological polar surface area (TPSA) is 15.3 Å². The molecule has 0 unspecified atom stereocenters. The molecule has 0 bridgehead atoms. The zero-order valence-electron chi connectivity index (χ0n) is 17.3. The summed E-state index contributed by atoms with van der Waals surface area (Å²) in [7, 11) is 0. The van der Waals surface area contributed by atoms with Crippen LogP contribution in [0.25, 0.3) is 0 Å². The smallest absolute Gasteiger partial charge is 0.0472 e. The molecule has 1 aliphatic heterocycles. The Labute approximate surface area is 161 Å². The van der Waals surface area contributed by atoms with Crippen LogP contribution in [-0.4, -0.2) is 18.0 Å². The Morgan fingerprint density at radius 2 is 1.85 bits per heavy atom. The first-order valence-electron chi connectivity index (χ1n) is 9.65. The van der Waals surface area contributed by atoms with E-state index < -0.39 is 0 Å². The van der Waals surface area contributed by atoms with Crippen LogP contribution in [0.1, 0.15) is 53.0 Å². The first-order chi connectivity index (χ1) is 12.5. The van der Waals surface area contributed by atoms with Crippen LogP contribution < -0.4 is 5.32 Å². The van der Waals surface area contributed by atoms with Gasteiger partial charge in [-0.25, -0.2) is 0 Å². The second-order valence-corrected chi connectivity index (χ2v) is 6.75. The number of hydrogen-bond acceptors (Lipinski definition) is 2. The quantitative estimate of drug-likeness (QED) is 0.484. The van der Waals surface area contributed by atoms with Crippen molar-refractivity contribution in [3.8, 4) is 0 Å². The minimum Gasteiger partial charge on any atom is -0.347 e. The van der Waals surface area contributed by atoms with E-state index >= 15 is 0 Å². The molecule has 142 valence electrons. The standard InChI is InChI=1S/C20H28N2.C4H8/c1-5-16(2)18(4)14-22(15-19-9-7-6-8-10-19)20-11-12-21-13-17(20)3;1-3-4-2/h5-10,14,21H,11-13,15H2,1-4H3;3H,1,4H2,2H3/b16-5+,18-14+;. The lowest BCUT2D eigenvalue weighted by molar-refractivity contribution is 0.414. The fourth-order valence-corrected chi connectivity index (χ4v) is 2.75. The van der Waals surface area contributed by atoms with Gasteiger partial charge >= 0.3 is 0 Å². The largest absolute Gasteiger partial charge is 0.347 e. The fraction of sp³-hybridized carbons (Fsp3) is 0.417. The number of allylic oxidation sites excluding steroid dienone is 4. The van der Waals surface area contributed by atoms with Crippen molar-refractivity contribution < 1.29 is 0 Å². The molecule has 0 saturated carbocycles. The lowest BCUT2D eigenvalue weighted by Crippen LogP contribution is -2.30. The fourth-order valence-electron chi connectivity index (χ4n) is 2.75. The molecule has 1 aromatic carbocycles. The highest BCUT2D eigenvalue weighted by molar-refractivity contribution is 5.29. The molecule has 0 spiro atoms. The number of nitrogens with zero attached hydrogens (tertiary/aromatic N) is 1. The molecule has 0 saturated heterocycles. The average molecular weight is 353 g/mol. The van der Waals surface area contributed by atoms with Gasteiger partial charge < -0.3 is 10.2 Å². The van der Waals surface area contributed by atoms with Gasteiger partial charge in [0.15, 0.2) is 0 Å². The van der Waals surface area contributed by atoms with Crippen LogP contribution in [0.3, 0.4) is 0 Å². The summed E-state index contributed by atoms with van der Waals surface area (Å²) in [6.07, 6.45) is 8.54. The van der Waals surface area contributed by atoms with Crippen LogP contribution in [0.5, 0.6) is 0 Å². The van der Waals surface area contributed by atoms with Crippen molar-refractivity contribution in [2.24, 2.45) is 0 Å². The lowest BCUT2D eigenvalue weighted by Gasteiger charge is -2.30. The van der Waals surface area contributed by atoms with E-state index in [1.807, 2.05) is 6.08 Å². The minimum absolute atomic E-state index is 0.932. The molecule has 0 atom stereocenters. The molecule has 26 heavy (non-hydrogen) atoms. The minimum atomic E-state index is 0.932. The number of rotatable bonds is 6. The third-order valence-corrected chi connectivity index (χ3v) is 4.66. The highest BCUT2D eigenvalue weighted by atomic mass is 15.1. The van der Waals surface area contributed by atoms with Crippen LogP contribution in [0.4, 0.5) is 0 Å². The molecule has 0 aliphatic carbocycles. The molecule has 0 fully saturated rings. The molecule has 1 heterocycles. The lowest BCUT2D eigenvalue weighted by atomic mass is 10.1. The van der Waals surface area contributed by atoms with Crippen LogP contribution in [0.15, 0.2) is 77.7 Å². The molecule has 2 rings (SSSR count). The van der Waals surface area contributed by atoms with Gasteiger partial charge in [-0.15, -0.1) is 6.58 Å². The Morgan fingerprint density at radius 3 is 2.38 bits per heavy atom. The van der Waals surface area contributed by atoms with E-state index in [0.29, 0.717) is 0 Å². The summed E-state index contributed by atoms with van der Waals surface area (Å²) in [5, 5.41) is 3.45. The average Bonchev–Trinajstić information content (AvgIpc) is 2.68. The maximum Gasteiger partial charge on any atom is 0.0472 e. The summed E-state index contributed by atoms with van der Waals surface area (Å²) < 4.78 is 0. The van der Waals surface area contributed by atoms with Crippen molar-refractivity contribution in [2.45, 2.75) is 54.0 Å². The Bertz CT molecular complexity index is 635. The number of benzene rings is 1. The van der Waals surface area contributed by atoms with E-state index in [1.54, 1.807) is 0 Å². The normalized spacial score (nSPS) is 15.3. The van der Waals surface area contributed by atoms with E-state index in [1.165, 1.54) is 28.0 Å². The monoisotopic (exact) mass is 352 g/mol. The van der Waals surface area contributed by atoms with Crippen molar-refractivity contribution in [3.63, 3.8) is 0 Å². The van der Waals surface area contributed by atoms with Crippen molar-refractivity contribution in [1.82, 2.24) is 10.2 Å². The summed E-state index contributed by atoms with van der Waals surface area (Å²) in [4.78, 5) is 2.44. The van der Waals surface area contributed by atoms with Crippen LogP contribution in [-0.2, 0) is 6.54 Å². The summed E-state index contributed by atoms with van der Waals surface area (Å²) >= 11 is 0. The Morgan fingerprint density at radius 1 is 1.19 bits per heavy atom. The van der Waals surface area contributed by atoms with Gasteiger partial charge in [-0.1, -0.05) is 55.0 Å². The third-order valence-electron chi connectivity index (χ3n) is 4.66. The maximum absolute atomic E-state index is 3.48. The first kappa shape index (κ1) is 22.0. The molecule has 1 aromatic rings. The van der Waals surface area contributed by atoms with Gasteiger partial charge in [-0.05, 0) is 50.8 Å². The van der Waals surface area contributed by atoms with Crippen molar-refractivity contribution >= 4 is 0 Å². The van der Waals surface area contributed by atoms with Gasteiger partial charge in [0.05, 0.1) is 0 Å². The van der Waals surface area contributed by atoms with Crippen molar-refractivity contribution in [1.29, 1.82) is 0 Å². The van der Waals surface area contributed by atoms with E-state index in [0.717, 1.165) is 32.5 Å². The highest BCUT2D eigenvalue weighted by Crippen LogP contribution is 2.22. The Balaban J connectivity index is 0.000000765. The van der Waals surface area contributed by atoms with Crippen molar-refractivity contribution in [2.75, 3.05) is 13.1 Å². The van der Waals surface area contributed by atoms with Gasteiger partial charge in [0, 0.05) is 38.0 Å². The molecule has 2 nitrogen and oxygen atoms in total. The van der Waals surface area contributed by atoms with Gasteiger partial charge in [-0.2, -0.15) is 0 Å². The summed E-state index contributed by atoms with van der Waals surface area (Å²) in [6, 6.07) is 10.7. The van der Waals surface area contributed by atoms with Crippen molar-refractivity contribution in [3.05, 3.63) is 83.2 Å². The van der Waals surface area contributed by atoms with E-state index in [2.05, 4.69) is 94.0 Å². The summed E-state index contributed by atoms with van der Waals surface area (Å²) in [5.74, 6) is 0. The van der Waals surface area contributed by atoms with Crippen LogP contribution in [0.2, 0.25) is 0 Å². The van der Waals surface area contributed by atoms with Gasteiger partial charge in [-0.3, -0.25) is 0 Å². The third kappa shape index (κ3) is 7.45. The summed E-state index contributed by atoms with van der Waals surface area (Å²) in [5.41, 5.74) is 6.93. The second-order valence-electron chi connectivity index (χ2n) is 6.75. The van der Waals surface area contributed by atoms with E-state index in [-0.39, 0.29) is 0 Å². The van der Waals surface area contributed by atoms with Gasteiger partial charge in [0.1, 0.15) is 0 Å². The molecule has 0 radical (unpaired) electrons. The first-order valence-corrected chi connectivity index (χ1v) is 9.65. The molecule has 2 heteroatoms. The molecule has 1 N–H and O–H groups in total. The number of hydrogen-bond donors (Lipinski definition) is 1. The molecular weight excluding hydrogens is 316 g/mol. The van der Waals surface area contributed by atoms with Gasteiger partial charge in [0.2, 0.25) is 0 Å². The highest BCUT2D eigenvalue weighted by Gasteiger charge is 2.15. The van der Waals surface area contributed by atoms with Crippen LogP contribution in [0, 0.1) is 0 Å². The summed E-state index contributed by atoms with van der Waals surface area (Å²) in [6.45, 7) is 17.3. The molecular formula is C24H36N2. The molecule has 0 aromatic heterocycles. The second kappa shape index (κ2) is 12.3. The Kier molecular flexibility index (Phi) is 10.4. The zero-order chi connectivity index (χ0) is 19.4. The SMILES string of the molecule is C/C=C(C)/C(C)=C/N(Cc1ccccc1)C1=C(C)CNCC1.C=CCC. The number of nitrogens with one attached hydrogen (secondary N) is 1. The molecule has 0 amide bonds. The van der Waals surface area contributed by atoms with Gasteiger partial charge in [0.25, 0.3) is 0 Å². The molecule has 1 aliphatic rings. The predicted molar refractivity (Wildman–Crippen MR) is 116 cm³/mol. The predicted octanol–water partition coefficient (Wildman–Crippen LogP) is 6.21. The zero-order valence-corrected chi connectivity index (χ0v) is 17.3.